The van der Waals surface area contributed by atoms with E-state index in [4.69, 9.17) is 15.2 Å². The number of rotatable bonds is 4. The summed E-state index contributed by atoms with van der Waals surface area (Å²) in [4.78, 5) is 27.7. The Morgan fingerprint density at radius 1 is 1.08 bits per heavy atom. The second-order valence-corrected chi connectivity index (χ2v) is 6.95. The topological polar surface area (TPSA) is 85.1 Å². The highest BCUT2D eigenvalue weighted by atomic mass is 16.6. The van der Waals surface area contributed by atoms with Crippen molar-refractivity contribution in [3.8, 4) is 5.75 Å². The number of amides is 2. The molecule has 2 N–H and O–H groups in total. The molecule has 0 saturated carbocycles. The molecule has 1 aliphatic rings. The molecule has 1 aliphatic heterocycles. The van der Waals surface area contributed by atoms with Gasteiger partial charge in [-0.1, -0.05) is 18.2 Å². The number of hydrogen-bond acceptors (Lipinski definition) is 5. The van der Waals surface area contributed by atoms with Gasteiger partial charge in [-0.15, -0.1) is 0 Å². The van der Waals surface area contributed by atoms with Crippen LogP contribution in [0.2, 0.25) is 0 Å². The molecule has 1 aromatic rings. The van der Waals surface area contributed by atoms with Gasteiger partial charge in [0.05, 0.1) is 0 Å². The first-order valence-corrected chi connectivity index (χ1v) is 8.46. The van der Waals surface area contributed by atoms with Gasteiger partial charge >= 0.3 is 6.09 Å². The van der Waals surface area contributed by atoms with E-state index in [9.17, 15) is 9.59 Å². The molecule has 2 rings (SSSR count). The summed E-state index contributed by atoms with van der Waals surface area (Å²) in [5, 5.41) is 0. The molecule has 1 fully saturated rings. The van der Waals surface area contributed by atoms with Crippen LogP contribution in [-0.4, -0.2) is 60.2 Å². The molecule has 1 aromatic carbocycles. The van der Waals surface area contributed by atoms with E-state index in [0.29, 0.717) is 38.5 Å². The maximum atomic E-state index is 12.3. The normalized spacial score (nSPS) is 15.0. The van der Waals surface area contributed by atoms with Crippen LogP contribution in [-0.2, 0) is 16.1 Å². The maximum absolute atomic E-state index is 12.3. The van der Waals surface area contributed by atoms with Crippen LogP contribution in [0, 0.1) is 0 Å². The number of carbonyl (C=O) groups excluding carboxylic acids is 2. The minimum Gasteiger partial charge on any atom is -0.483 e. The van der Waals surface area contributed by atoms with E-state index >= 15 is 0 Å². The van der Waals surface area contributed by atoms with Crippen molar-refractivity contribution in [2.24, 2.45) is 5.73 Å². The fourth-order valence-electron chi connectivity index (χ4n) is 2.51. The summed E-state index contributed by atoms with van der Waals surface area (Å²) in [6, 6.07) is 7.40. The lowest BCUT2D eigenvalue weighted by molar-refractivity contribution is -0.135. The van der Waals surface area contributed by atoms with Crippen LogP contribution >= 0.6 is 0 Å². The van der Waals surface area contributed by atoms with Gasteiger partial charge in [-0.05, 0) is 26.8 Å². The van der Waals surface area contributed by atoms with Gasteiger partial charge in [0.25, 0.3) is 5.91 Å². The molecule has 0 unspecified atom stereocenters. The smallest absolute Gasteiger partial charge is 0.410 e. The van der Waals surface area contributed by atoms with Gasteiger partial charge in [-0.2, -0.15) is 0 Å². The standard InChI is InChI=1S/C18H27N3O4/c1-18(2,3)25-17(23)21-10-8-20(9-11-21)16(22)13-24-15-7-5-4-6-14(15)12-19/h4-7H,8-13,19H2,1-3H3. The molecule has 25 heavy (non-hydrogen) atoms. The van der Waals surface area contributed by atoms with Crippen molar-refractivity contribution in [3.63, 3.8) is 0 Å². The lowest BCUT2D eigenvalue weighted by Gasteiger charge is -2.35. The Kier molecular flexibility index (Phi) is 6.25. The van der Waals surface area contributed by atoms with E-state index in [1.54, 1.807) is 15.9 Å². The second-order valence-electron chi connectivity index (χ2n) is 6.95. The van der Waals surface area contributed by atoms with Crippen LogP contribution in [0.4, 0.5) is 4.79 Å². The third-order valence-corrected chi connectivity index (χ3v) is 3.83. The zero-order valence-electron chi connectivity index (χ0n) is 15.2. The van der Waals surface area contributed by atoms with Crippen LogP contribution in [0.1, 0.15) is 26.3 Å². The van der Waals surface area contributed by atoms with Crippen LogP contribution in [0.25, 0.3) is 0 Å². The van der Waals surface area contributed by atoms with Gasteiger partial charge in [0.2, 0.25) is 0 Å². The molecule has 0 aliphatic carbocycles. The van der Waals surface area contributed by atoms with Crippen LogP contribution in [0.5, 0.6) is 5.75 Å². The lowest BCUT2D eigenvalue weighted by Crippen LogP contribution is -2.52. The number of nitrogens with zero attached hydrogens (tertiary/aromatic N) is 2. The first-order valence-electron chi connectivity index (χ1n) is 8.46. The van der Waals surface area contributed by atoms with Crippen molar-refractivity contribution in [2.45, 2.75) is 32.9 Å². The van der Waals surface area contributed by atoms with Crippen molar-refractivity contribution < 1.29 is 19.1 Å². The van der Waals surface area contributed by atoms with E-state index in [2.05, 4.69) is 0 Å². The highest BCUT2D eigenvalue weighted by molar-refractivity contribution is 5.78. The largest absolute Gasteiger partial charge is 0.483 e. The molecule has 0 spiro atoms. The number of piperazine rings is 1. The highest BCUT2D eigenvalue weighted by Gasteiger charge is 2.27. The van der Waals surface area contributed by atoms with E-state index in [-0.39, 0.29) is 18.6 Å². The van der Waals surface area contributed by atoms with E-state index in [1.807, 2.05) is 39.0 Å². The summed E-state index contributed by atoms with van der Waals surface area (Å²) in [7, 11) is 0. The summed E-state index contributed by atoms with van der Waals surface area (Å²) in [6.45, 7) is 7.69. The average molecular weight is 349 g/mol. The van der Waals surface area contributed by atoms with Crippen LogP contribution < -0.4 is 10.5 Å². The first kappa shape index (κ1) is 19.1. The molecule has 7 nitrogen and oxygen atoms in total. The van der Waals surface area contributed by atoms with Gasteiger partial charge in [0.1, 0.15) is 11.4 Å². The number of nitrogens with two attached hydrogens (primary N) is 1. The Bertz CT molecular complexity index is 605. The molecule has 0 radical (unpaired) electrons. The monoisotopic (exact) mass is 349 g/mol. The third kappa shape index (κ3) is 5.63. The van der Waals surface area contributed by atoms with Gasteiger partial charge in [-0.25, -0.2) is 4.79 Å². The van der Waals surface area contributed by atoms with Gasteiger partial charge in [-0.3, -0.25) is 4.79 Å². The zero-order chi connectivity index (χ0) is 18.4. The highest BCUT2D eigenvalue weighted by Crippen LogP contribution is 2.17. The van der Waals surface area contributed by atoms with Crippen molar-refractivity contribution in [1.29, 1.82) is 0 Å². The molecule has 7 heteroatoms. The van der Waals surface area contributed by atoms with Crippen molar-refractivity contribution >= 4 is 12.0 Å². The van der Waals surface area contributed by atoms with E-state index < -0.39 is 5.60 Å². The number of para-hydroxylation sites is 1. The number of hydrogen-bond donors (Lipinski definition) is 1. The quantitative estimate of drug-likeness (QED) is 0.892. The van der Waals surface area contributed by atoms with Gasteiger partial charge in [0.15, 0.2) is 6.61 Å². The van der Waals surface area contributed by atoms with Crippen molar-refractivity contribution in [1.82, 2.24) is 9.80 Å². The Balaban J connectivity index is 1.80. The molecule has 138 valence electrons. The molecular weight excluding hydrogens is 322 g/mol. The molecule has 0 aromatic heterocycles. The molecule has 0 atom stereocenters. The predicted molar refractivity (Wildman–Crippen MR) is 94.2 cm³/mol. The van der Waals surface area contributed by atoms with Gasteiger partial charge in [0, 0.05) is 38.3 Å². The molecule has 0 bridgehead atoms. The van der Waals surface area contributed by atoms with E-state index in [1.165, 1.54) is 0 Å². The van der Waals surface area contributed by atoms with E-state index in [0.717, 1.165) is 5.56 Å². The summed E-state index contributed by atoms with van der Waals surface area (Å²) in [5.41, 5.74) is 6.01. The molecule has 1 saturated heterocycles. The molecular formula is C18H27N3O4. The number of carbonyl (C=O) groups is 2. The maximum Gasteiger partial charge on any atom is 0.410 e. The minimum absolute atomic E-state index is 0.0382. The molecule has 2 amide bonds. The fraction of sp³-hybridized carbons (Fsp3) is 0.556. The number of benzene rings is 1. The SMILES string of the molecule is CC(C)(C)OC(=O)N1CCN(C(=O)COc2ccccc2CN)CC1. The lowest BCUT2D eigenvalue weighted by atomic mass is 10.2. The predicted octanol–water partition coefficient (Wildman–Crippen LogP) is 1.60. The third-order valence-electron chi connectivity index (χ3n) is 3.83. The van der Waals surface area contributed by atoms with Crippen LogP contribution in [0.3, 0.4) is 0 Å². The van der Waals surface area contributed by atoms with Gasteiger partial charge < -0.3 is 25.0 Å². The fourth-order valence-corrected chi connectivity index (χ4v) is 2.51. The molecule has 1 heterocycles. The summed E-state index contributed by atoms with van der Waals surface area (Å²) in [5.74, 6) is 0.529. The minimum atomic E-state index is -0.520. The summed E-state index contributed by atoms with van der Waals surface area (Å²) < 4.78 is 11.0. The summed E-state index contributed by atoms with van der Waals surface area (Å²) >= 11 is 0. The number of ether oxygens (including phenoxy) is 2. The first-order chi connectivity index (χ1) is 11.8. The zero-order valence-corrected chi connectivity index (χ0v) is 15.2. The average Bonchev–Trinajstić information content (AvgIpc) is 2.58. The Labute approximate surface area is 148 Å². The Morgan fingerprint density at radius 3 is 2.28 bits per heavy atom. The second kappa shape index (κ2) is 8.20. The van der Waals surface area contributed by atoms with Crippen molar-refractivity contribution in [2.75, 3.05) is 32.8 Å². The Hall–Kier alpha value is -2.28. The van der Waals surface area contributed by atoms with Crippen LogP contribution in [0.15, 0.2) is 24.3 Å². The van der Waals surface area contributed by atoms with Crippen molar-refractivity contribution in [3.05, 3.63) is 29.8 Å². The Morgan fingerprint density at radius 2 is 1.68 bits per heavy atom. The summed E-state index contributed by atoms with van der Waals surface area (Å²) in [6.07, 6.45) is -0.340.